The van der Waals surface area contributed by atoms with Crippen LogP contribution in [0.5, 0.6) is 0 Å². The van der Waals surface area contributed by atoms with Crippen molar-refractivity contribution in [3.8, 4) is 0 Å². The fourth-order valence-corrected chi connectivity index (χ4v) is 1.52. The van der Waals surface area contributed by atoms with Crippen LogP contribution in [0.2, 0.25) is 0 Å². The van der Waals surface area contributed by atoms with Crippen molar-refractivity contribution in [2.24, 2.45) is 0 Å². The second-order valence-electron chi connectivity index (χ2n) is 3.59. The minimum absolute atomic E-state index is 0.0642. The third-order valence-corrected chi connectivity index (χ3v) is 2.32. The summed E-state index contributed by atoms with van der Waals surface area (Å²) < 4.78 is 42.8. The molecule has 0 amide bonds. The lowest BCUT2D eigenvalue weighted by molar-refractivity contribution is -0.137. The summed E-state index contributed by atoms with van der Waals surface area (Å²) in [4.78, 5) is 22.1. The molecule has 0 radical (unpaired) electrons. The average molecular weight is 260 g/mol. The van der Waals surface area contributed by atoms with Crippen LogP contribution in [0.3, 0.4) is 0 Å². The fourth-order valence-electron chi connectivity index (χ4n) is 1.52. The molecule has 0 aliphatic rings. The molecule has 0 bridgehead atoms. The number of aldehydes is 1. The first-order valence-corrected chi connectivity index (χ1v) is 5.15. The third-order valence-electron chi connectivity index (χ3n) is 2.32. The van der Waals surface area contributed by atoms with Gasteiger partial charge in [-0.15, -0.1) is 0 Å². The van der Waals surface area contributed by atoms with Gasteiger partial charge in [-0.2, -0.15) is 13.2 Å². The van der Waals surface area contributed by atoms with Crippen LogP contribution < -0.4 is 0 Å². The molecular formula is C12H11F3O3. The molecule has 0 fully saturated rings. The van der Waals surface area contributed by atoms with E-state index in [4.69, 9.17) is 0 Å². The number of carbonyl (C=O) groups is 2. The SMILES string of the molecule is CCOC(=O)c1cc(C)c(C=O)c(C(F)(F)F)c1. The molecular weight excluding hydrogens is 249 g/mol. The first kappa shape index (κ1) is 14.2. The van der Waals surface area contributed by atoms with Gasteiger partial charge in [0.15, 0.2) is 6.29 Å². The first-order chi connectivity index (χ1) is 8.31. The molecule has 98 valence electrons. The Kier molecular flexibility index (Phi) is 4.11. The van der Waals surface area contributed by atoms with Crippen molar-refractivity contribution in [1.29, 1.82) is 0 Å². The largest absolute Gasteiger partial charge is 0.462 e. The predicted molar refractivity (Wildman–Crippen MR) is 57.5 cm³/mol. The molecule has 0 aliphatic carbocycles. The quantitative estimate of drug-likeness (QED) is 0.619. The van der Waals surface area contributed by atoms with E-state index < -0.39 is 23.3 Å². The molecule has 0 saturated carbocycles. The Bertz CT molecular complexity index is 478. The molecule has 0 unspecified atom stereocenters. The standard InChI is InChI=1S/C12H11F3O3/c1-3-18-11(17)8-4-7(2)9(6-16)10(5-8)12(13,14)15/h4-6H,3H2,1-2H3. The van der Waals surface area contributed by atoms with Crippen LogP contribution in [0.15, 0.2) is 12.1 Å². The van der Waals surface area contributed by atoms with Gasteiger partial charge in [0.1, 0.15) is 0 Å². The summed E-state index contributed by atoms with van der Waals surface area (Å²) in [5.74, 6) is -0.844. The molecule has 3 nitrogen and oxygen atoms in total. The Labute approximate surface area is 102 Å². The van der Waals surface area contributed by atoms with Gasteiger partial charge >= 0.3 is 12.1 Å². The number of hydrogen-bond acceptors (Lipinski definition) is 3. The number of rotatable bonds is 3. The third kappa shape index (κ3) is 2.88. The Morgan fingerprint density at radius 1 is 1.39 bits per heavy atom. The highest BCUT2D eigenvalue weighted by atomic mass is 19.4. The number of carbonyl (C=O) groups excluding carboxylic acids is 2. The van der Waals surface area contributed by atoms with Crippen molar-refractivity contribution < 1.29 is 27.5 Å². The Morgan fingerprint density at radius 2 is 2.00 bits per heavy atom. The predicted octanol–water partition coefficient (Wildman–Crippen LogP) is 3.00. The lowest BCUT2D eigenvalue weighted by Gasteiger charge is -2.13. The molecule has 0 heterocycles. The van der Waals surface area contributed by atoms with Crippen LogP contribution in [0, 0.1) is 6.92 Å². The molecule has 0 N–H and O–H groups in total. The van der Waals surface area contributed by atoms with Gasteiger partial charge in [-0.25, -0.2) is 4.79 Å². The second-order valence-corrected chi connectivity index (χ2v) is 3.59. The van der Waals surface area contributed by atoms with E-state index in [2.05, 4.69) is 4.74 Å². The molecule has 0 aliphatic heterocycles. The summed E-state index contributed by atoms with van der Waals surface area (Å²) in [5.41, 5.74) is -1.72. The summed E-state index contributed by atoms with van der Waals surface area (Å²) in [6.07, 6.45) is -4.56. The maximum absolute atomic E-state index is 12.7. The number of hydrogen-bond donors (Lipinski definition) is 0. The fraction of sp³-hybridized carbons (Fsp3) is 0.333. The van der Waals surface area contributed by atoms with Gasteiger partial charge in [-0.05, 0) is 31.5 Å². The first-order valence-electron chi connectivity index (χ1n) is 5.15. The van der Waals surface area contributed by atoms with E-state index in [1.807, 2.05) is 0 Å². The lowest BCUT2D eigenvalue weighted by Crippen LogP contribution is -2.14. The monoisotopic (exact) mass is 260 g/mol. The number of halogens is 3. The maximum Gasteiger partial charge on any atom is 0.417 e. The Balaban J connectivity index is 3.40. The summed E-state index contributed by atoms with van der Waals surface area (Å²) in [6, 6.07) is 1.84. The molecule has 0 spiro atoms. The van der Waals surface area contributed by atoms with Crippen LogP contribution >= 0.6 is 0 Å². The van der Waals surface area contributed by atoms with Crippen molar-refractivity contribution >= 4 is 12.3 Å². The lowest BCUT2D eigenvalue weighted by atomic mass is 9.99. The zero-order valence-electron chi connectivity index (χ0n) is 9.80. The molecule has 1 aromatic rings. The van der Waals surface area contributed by atoms with E-state index in [9.17, 15) is 22.8 Å². The van der Waals surface area contributed by atoms with Crippen LogP contribution in [-0.4, -0.2) is 18.9 Å². The number of benzene rings is 1. The van der Waals surface area contributed by atoms with E-state index in [1.54, 1.807) is 6.92 Å². The van der Waals surface area contributed by atoms with E-state index in [1.165, 1.54) is 13.0 Å². The number of alkyl halides is 3. The van der Waals surface area contributed by atoms with Crippen LogP contribution in [-0.2, 0) is 10.9 Å². The Morgan fingerprint density at radius 3 is 2.44 bits per heavy atom. The van der Waals surface area contributed by atoms with Gasteiger partial charge in [0.2, 0.25) is 0 Å². The molecule has 0 atom stereocenters. The number of esters is 1. The van der Waals surface area contributed by atoms with E-state index in [-0.39, 0.29) is 24.0 Å². The minimum Gasteiger partial charge on any atom is -0.462 e. The van der Waals surface area contributed by atoms with E-state index >= 15 is 0 Å². The smallest absolute Gasteiger partial charge is 0.417 e. The molecule has 1 aromatic carbocycles. The van der Waals surface area contributed by atoms with E-state index in [0.717, 1.165) is 0 Å². The number of ether oxygens (including phenoxy) is 1. The van der Waals surface area contributed by atoms with Gasteiger partial charge in [0.05, 0.1) is 17.7 Å². The van der Waals surface area contributed by atoms with Gasteiger partial charge in [-0.1, -0.05) is 0 Å². The van der Waals surface area contributed by atoms with Crippen molar-refractivity contribution in [2.45, 2.75) is 20.0 Å². The molecule has 0 aromatic heterocycles. The zero-order valence-corrected chi connectivity index (χ0v) is 9.80. The molecule has 6 heteroatoms. The van der Waals surface area contributed by atoms with Crippen molar-refractivity contribution in [1.82, 2.24) is 0 Å². The highest BCUT2D eigenvalue weighted by Crippen LogP contribution is 2.33. The molecule has 18 heavy (non-hydrogen) atoms. The van der Waals surface area contributed by atoms with Gasteiger partial charge < -0.3 is 4.74 Å². The van der Waals surface area contributed by atoms with Gasteiger partial charge in [-0.3, -0.25) is 4.79 Å². The summed E-state index contributed by atoms with van der Waals surface area (Å²) in [7, 11) is 0. The highest BCUT2D eigenvalue weighted by molar-refractivity contribution is 5.92. The van der Waals surface area contributed by atoms with Crippen molar-refractivity contribution in [3.63, 3.8) is 0 Å². The van der Waals surface area contributed by atoms with Crippen molar-refractivity contribution in [3.05, 3.63) is 34.4 Å². The van der Waals surface area contributed by atoms with Crippen LogP contribution in [0.4, 0.5) is 13.2 Å². The zero-order chi connectivity index (χ0) is 13.9. The van der Waals surface area contributed by atoms with Gasteiger partial charge in [0, 0.05) is 5.56 Å². The maximum atomic E-state index is 12.7. The average Bonchev–Trinajstić information content (AvgIpc) is 2.27. The molecule has 1 rings (SSSR count). The summed E-state index contributed by atoms with van der Waals surface area (Å²) in [5, 5.41) is 0. The summed E-state index contributed by atoms with van der Waals surface area (Å²) >= 11 is 0. The normalized spacial score (nSPS) is 11.2. The Hall–Kier alpha value is -1.85. The highest BCUT2D eigenvalue weighted by Gasteiger charge is 2.35. The topological polar surface area (TPSA) is 43.4 Å². The number of aryl methyl sites for hydroxylation is 1. The van der Waals surface area contributed by atoms with E-state index in [0.29, 0.717) is 6.07 Å². The van der Waals surface area contributed by atoms with Crippen LogP contribution in [0.1, 0.15) is 38.8 Å². The summed E-state index contributed by atoms with van der Waals surface area (Å²) in [6.45, 7) is 2.95. The second kappa shape index (κ2) is 5.20. The van der Waals surface area contributed by atoms with Crippen molar-refractivity contribution in [2.75, 3.05) is 6.61 Å². The van der Waals surface area contributed by atoms with Gasteiger partial charge in [0.25, 0.3) is 0 Å². The minimum atomic E-state index is -4.69. The van der Waals surface area contributed by atoms with Crippen LogP contribution in [0.25, 0.3) is 0 Å². The molecule has 0 saturated heterocycles.